The van der Waals surface area contributed by atoms with E-state index in [0.29, 0.717) is 18.5 Å². The van der Waals surface area contributed by atoms with Crippen molar-refractivity contribution in [1.29, 1.82) is 0 Å². The molecule has 2 aromatic rings. The molecule has 104 valence electrons. The molecule has 0 fully saturated rings. The molecular weight excluding hydrogens is 260 g/mol. The zero-order valence-electron chi connectivity index (χ0n) is 11.0. The SMILES string of the molecule is COc1ccc(CCc2cc([N+](=O)[O-])cc[n+]2O)cc1. The first-order chi connectivity index (χ1) is 9.60. The van der Waals surface area contributed by atoms with Gasteiger partial charge in [0.1, 0.15) is 5.75 Å². The highest BCUT2D eigenvalue weighted by Crippen LogP contribution is 2.14. The first kappa shape index (κ1) is 13.8. The number of ether oxygens (including phenoxy) is 1. The van der Waals surface area contributed by atoms with Crippen molar-refractivity contribution in [3.05, 3.63) is 64.0 Å². The third-order valence-corrected chi connectivity index (χ3v) is 3.03. The molecule has 0 amide bonds. The monoisotopic (exact) mass is 275 g/mol. The summed E-state index contributed by atoms with van der Waals surface area (Å²) in [7, 11) is 1.60. The number of nitro groups is 1. The molecule has 20 heavy (non-hydrogen) atoms. The van der Waals surface area contributed by atoms with Gasteiger partial charge in [-0.3, -0.25) is 15.3 Å². The lowest BCUT2D eigenvalue weighted by Crippen LogP contribution is -2.35. The van der Waals surface area contributed by atoms with Gasteiger partial charge in [-0.1, -0.05) is 12.1 Å². The summed E-state index contributed by atoms with van der Waals surface area (Å²) in [5, 5.41) is 20.4. The fraction of sp³-hybridized carbons (Fsp3) is 0.214. The van der Waals surface area contributed by atoms with Gasteiger partial charge in [0.15, 0.2) is 0 Å². The third kappa shape index (κ3) is 3.23. The molecule has 0 saturated carbocycles. The van der Waals surface area contributed by atoms with Crippen LogP contribution >= 0.6 is 0 Å². The van der Waals surface area contributed by atoms with Crippen LogP contribution in [0.5, 0.6) is 5.75 Å². The Labute approximate surface area is 116 Å². The first-order valence-electron chi connectivity index (χ1n) is 6.11. The molecule has 6 nitrogen and oxygen atoms in total. The molecule has 0 saturated heterocycles. The standard InChI is InChI=1S/C14H15N2O4/c1-20-14-6-3-11(4-7-14)2-5-12-10-13(16(18)19)8-9-15(12)17/h3-4,6-10,17H,2,5H2,1H3/q+1. The second-order valence-corrected chi connectivity index (χ2v) is 4.33. The molecule has 0 unspecified atom stereocenters. The maximum absolute atomic E-state index is 10.7. The third-order valence-electron chi connectivity index (χ3n) is 3.03. The Bertz CT molecular complexity index is 611. The molecule has 0 atom stereocenters. The van der Waals surface area contributed by atoms with Crippen molar-refractivity contribution < 1.29 is 19.6 Å². The lowest BCUT2D eigenvalue weighted by molar-refractivity contribution is -0.909. The molecule has 0 aliphatic rings. The van der Waals surface area contributed by atoms with Crippen molar-refractivity contribution in [3.63, 3.8) is 0 Å². The quantitative estimate of drug-likeness (QED) is 0.391. The van der Waals surface area contributed by atoms with Crippen LogP contribution in [0.15, 0.2) is 42.6 Å². The van der Waals surface area contributed by atoms with E-state index >= 15 is 0 Å². The summed E-state index contributed by atoms with van der Waals surface area (Å²) in [6.45, 7) is 0. The Morgan fingerprint density at radius 1 is 1.25 bits per heavy atom. The molecule has 1 aromatic heterocycles. The summed E-state index contributed by atoms with van der Waals surface area (Å²) in [4.78, 5) is 10.2. The highest BCUT2D eigenvalue weighted by molar-refractivity contribution is 5.29. The van der Waals surface area contributed by atoms with E-state index < -0.39 is 4.92 Å². The second-order valence-electron chi connectivity index (χ2n) is 4.33. The smallest absolute Gasteiger partial charge is 0.282 e. The molecule has 1 N–H and O–H groups in total. The number of aromatic nitrogens is 1. The van der Waals surface area contributed by atoms with Crippen molar-refractivity contribution in [2.45, 2.75) is 12.8 Å². The summed E-state index contributed by atoms with van der Waals surface area (Å²) in [5.74, 6) is 0.779. The highest BCUT2D eigenvalue weighted by atomic mass is 16.6. The van der Waals surface area contributed by atoms with Gasteiger partial charge < -0.3 is 4.74 Å². The molecule has 6 heteroatoms. The van der Waals surface area contributed by atoms with Gasteiger partial charge in [-0.25, -0.2) is 0 Å². The summed E-state index contributed by atoms with van der Waals surface area (Å²) in [6.07, 6.45) is 2.46. The average molecular weight is 275 g/mol. The number of benzene rings is 1. The molecule has 0 aliphatic heterocycles. The molecule has 1 heterocycles. The van der Waals surface area contributed by atoms with E-state index in [0.717, 1.165) is 16.0 Å². The minimum Gasteiger partial charge on any atom is -0.497 e. The predicted octanol–water partition coefficient (Wildman–Crippen LogP) is 1.91. The number of nitrogens with zero attached hydrogens (tertiary/aromatic N) is 2. The van der Waals surface area contributed by atoms with Crippen LogP contribution in [0, 0.1) is 10.1 Å². The van der Waals surface area contributed by atoms with E-state index in [1.165, 1.54) is 18.3 Å². The Morgan fingerprint density at radius 3 is 2.55 bits per heavy atom. The van der Waals surface area contributed by atoms with Gasteiger partial charge in [-0.05, 0) is 24.1 Å². The maximum Gasteiger partial charge on any atom is 0.282 e. The van der Waals surface area contributed by atoms with Crippen LogP contribution in [0.2, 0.25) is 0 Å². The van der Waals surface area contributed by atoms with Gasteiger partial charge in [0.25, 0.3) is 5.69 Å². The van der Waals surface area contributed by atoms with Gasteiger partial charge in [0.05, 0.1) is 24.2 Å². The van der Waals surface area contributed by atoms with E-state index in [1.54, 1.807) is 7.11 Å². The lowest BCUT2D eigenvalue weighted by atomic mass is 10.1. The van der Waals surface area contributed by atoms with Crippen LogP contribution in [0.4, 0.5) is 5.69 Å². The van der Waals surface area contributed by atoms with Crippen LogP contribution in [0.25, 0.3) is 0 Å². The molecular formula is C14H15N2O4+. The summed E-state index contributed by atoms with van der Waals surface area (Å²) < 4.78 is 5.99. The summed E-state index contributed by atoms with van der Waals surface area (Å²) in [5.41, 5.74) is 1.53. The van der Waals surface area contributed by atoms with Crippen molar-refractivity contribution in [2.24, 2.45) is 0 Å². The number of hydrogen-bond donors (Lipinski definition) is 1. The topological polar surface area (TPSA) is 76.5 Å². The zero-order chi connectivity index (χ0) is 14.5. The minimum absolute atomic E-state index is 0.0277. The van der Waals surface area contributed by atoms with E-state index in [1.807, 2.05) is 24.3 Å². The number of rotatable bonds is 5. The summed E-state index contributed by atoms with van der Waals surface area (Å²) in [6, 6.07) is 10.2. The van der Waals surface area contributed by atoms with Gasteiger partial charge in [0.2, 0.25) is 11.9 Å². The summed E-state index contributed by atoms with van der Waals surface area (Å²) >= 11 is 0. The lowest BCUT2D eigenvalue weighted by Gasteiger charge is -2.02. The van der Waals surface area contributed by atoms with Crippen molar-refractivity contribution in [2.75, 3.05) is 7.11 Å². The largest absolute Gasteiger partial charge is 0.497 e. The highest BCUT2D eigenvalue weighted by Gasteiger charge is 2.16. The molecule has 0 spiro atoms. The van der Waals surface area contributed by atoms with Gasteiger partial charge in [-0.2, -0.15) is 0 Å². The van der Waals surface area contributed by atoms with E-state index in [2.05, 4.69) is 0 Å². The molecule has 0 aliphatic carbocycles. The van der Waals surface area contributed by atoms with E-state index in [-0.39, 0.29) is 5.69 Å². The number of aryl methyl sites for hydroxylation is 2. The van der Waals surface area contributed by atoms with Gasteiger partial charge >= 0.3 is 0 Å². The first-order valence-corrected chi connectivity index (χ1v) is 6.11. The van der Waals surface area contributed by atoms with Gasteiger partial charge in [0, 0.05) is 11.2 Å². The Morgan fingerprint density at radius 2 is 1.95 bits per heavy atom. The van der Waals surface area contributed by atoms with Crippen LogP contribution < -0.4 is 9.47 Å². The van der Waals surface area contributed by atoms with Crippen LogP contribution in [0.1, 0.15) is 11.3 Å². The second kappa shape index (κ2) is 6.01. The normalized spacial score (nSPS) is 10.2. The Hall–Kier alpha value is -2.63. The van der Waals surface area contributed by atoms with Crippen LogP contribution in [-0.4, -0.2) is 17.2 Å². The van der Waals surface area contributed by atoms with Crippen LogP contribution in [-0.2, 0) is 12.8 Å². The van der Waals surface area contributed by atoms with Gasteiger partial charge in [-0.15, -0.1) is 0 Å². The fourth-order valence-electron chi connectivity index (χ4n) is 1.89. The maximum atomic E-state index is 10.7. The van der Waals surface area contributed by atoms with Crippen molar-refractivity contribution in [3.8, 4) is 5.75 Å². The molecule has 0 bridgehead atoms. The number of methoxy groups -OCH3 is 1. The van der Waals surface area contributed by atoms with E-state index in [9.17, 15) is 15.3 Å². The predicted molar refractivity (Wildman–Crippen MR) is 70.9 cm³/mol. The average Bonchev–Trinajstić information content (AvgIpc) is 2.46. The molecule has 0 radical (unpaired) electrons. The fourth-order valence-corrected chi connectivity index (χ4v) is 1.89. The van der Waals surface area contributed by atoms with Crippen molar-refractivity contribution >= 4 is 5.69 Å². The Kier molecular flexibility index (Phi) is 4.14. The molecule has 2 rings (SSSR count). The number of pyridine rings is 1. The number of hydrogen-bond acceptors (Lipinski definition) is 4. The van der Waals surface area contributed by atoms with E-state index in [4.69, 9.17) is 4.74 Å². The van der Waals surface area contributed by atoms with Crippen LogP contribution in [0.3, 0.4) is 0 Å². The zero-order valence-corrected chi connectivity index (χ0v) is 11.0. The molecule has 1 aromatic carbocycles. The van der Waals surface area contributed by atoms with Crippen molar-refractivity contribution in [1.82, 2.24) is 0 Å². The Balaban J connectivity index is 2.09. The minimum atomic E-state index is -0.475.